The average Bonchev–Trinajstić information content (AvgIpc) is 2.94. The van der Waals surface area contributed by atoms with Crippen molar-refractivity contribution < 1.29 is 19.1 Å². The van der Waals surface area contributed by atoms with Crippen molar-refractivity contribution in [1.82, 2.24) is 14.8 Å². The van der Waals surface area contributed by atoms with Crippen molar-refractivity contribution in [2.75, 3.05) is 58.5 Å². The van der Waals surface area contributed by atoms with Crippen LogP contribution in [0.3, 0.4) is 0 Å². The highest BCUT2D eigenvalue weighted by Gasteiger charge is 2.24. The molecule has 8 heteroatoms. The molecule has 1 saturated heterocycles. The van der Waals surface area contributed by atoms with Gasteiger partial charge in [0.25, 0.3) is 0 Å². The predicted octanol–water partition coefficient (Wildman–Crippen LogP) is 3.83. The molecule has 2 amide bonds. The van der Waals surface area contributed by atoms with Gasteiger partial charge in [-0.1, -0.05) is 29.8 Å². The lowest BCUT2D eigenvalue weighted by Gasteiger charge is -2.36. The second-order valence-electron chi connectivity index (χ2n) is 9.82. The van der Waals surface area contributed by atoms with Crippen LogP contribution in [-0.2, 0) is 27.3 Å². The Balaban J connectivity index is 1.61. The Labute approximate surface area is 225 Å². The summed E-state index contributed by atoms with van der Waals surface area (Å²) in [5, 5.41) is 0.991. The zero-order valence-electron chi connectivity index (χ0n) is 22.9. The van der Waals surface area contributed by atoms with Crippen molar-refractivity contribution in [3.63, 3.8) is 0 Å². The number of amides is 2. The number of methoxy groups -OCH3 is 2. The average molecular weight is 519 g/mol. The van der Waals surface area contributed by atoms with Crippen molar-refractivity contribution in [1.29, 1.82) is 0 Å². The molecule has 3 aromatic rings. The van der Waals surface area contributed by atoms with Crippen molar-refractivity contribution in [2.24, 2.45) is 0 Å². The predicted molar refractivity (Wildman–Crippen MR) is 150 cm³/mol. The van der Waals surface area contributed by atoms with E-state index in [2.05, 4.69) is 42.2 Å². The van der Waals surface area contributed by atoms with Crippen molar-refractivity contribution in [2.45, 2.75) is 33.2 Å². The molecular formula is C30H38N4O4. The molecule has 2 aromatic carbocycles. The number of hydrogen-bond donors (Lipinski definition) is 0. The van der Waals surface area contributed by atoms with E-state index in [0.717, 1.165) is 33.6 Å². The number of aromatic nitrogens is 1. The highest BCUT2D eigenvalue weighted by molar-refractivity contribution is 5.84. The Hall–Kier alpha value is -3.65. The smallest absolute Gasteiger partial charge is 0.223 e. The third-order valence-corrected chi connectivity index (χ3v) is 7.13. The number of anilines is 1. The van der Waals surface area contributed by atoms with Gasteiger partial charge < -0.3 is 24.2 Å². The first-order valence-electron chi connectivity index (χ1n) is 13.2. The molecule has 4 rings (SSSR count). The summed E-state index contributed by atoms with van der Waals surface area (Å²) in [6.45, 7) is 7.74. The number of ether oxygens (including phenoxy) is 2. The summed E-state index contributed by atoms with van der Waals surface area (Å²) in [6.07, 6.45) is 1.12. The second-order valence-corrected chi connectivity index (χ2v) is 9.82. The van der Waals surface area contributed by atoms with Crippen LogP contribution in [0.25, 0.3) is 10.9 Å². The maximum Gasteiger partial charge on any atom is 0.223 e. The van der Waals surface area contributed by atoms with E-state index in [9.17, 15) is 9.59 Å². The maximum atomic E-state index is 13.4. The Bertz CT molecular complexity index is 1250. The third-order valence-electron chi connectivity index (χ3n) is 7.13. The number of nitrogens with zero attached hydrogens (tertiary/aromatic N) is 4. The normalized spacial score (nSPS) is 13.6. The molecule has 2 heterocycles. The van der Waals surface area contributed by atoms with E-state index < -0.39 is 0 Å². The minimum absolute atomic E-state index is 0.0878. The number of rotatable bonds is 10. The molecule has 1 aliphatic heterocycles. The third kappa shape index (κ3) is 6.81. The molecule has 8 nitrogen and oxygen atoms in total. The van der Waals surface area contributed by atoms with Crippen molar-refractivity contribution >= 4 is 28.5 Å². The van der Waals surface area contributed by atoms with E-state index in [1.165, 1.54) is 5.56 Å². The second kappa shape index (κ2) is 12.7. The number of pyridine rings is 1. The standard InChI is InChI=1S/C30H38N4O4/c1-22-5-7-24(8-6-22)9-12-29(36)34(17-18-37-3)21-26-19-25-10-11-27(38-4)20-28(25)31-30(26)33-15-13-32(14-16-33)23(2)35/h5-8,10-11,19-20H,9,12-18,21H2,1-4H3. The number of fused-ring (bicyclic) bond motifs is 1. The van der Waals surface area contributed by atoms with Crippen LogP contribution in [0, 0.1) is 6.92 Å². The Morgan fingerprint density at radius 3 is 2.39 bits per heavy atom. The summed E-state index contributed by atoms with van der Waals surface area (Å²) in [7, 11) is 3.30. The fourth-order valence-electron chi connectivity index (χ4n) is 4.79. The number of aryl methyl sites for hydroxylation is 2. The van der Waals surface area contributed by atoms with Gasteiger partial charge in [-0.25, -0.2) is 4.98 Å². The summed E-state index contributed by atoms with van der Waals surface area (Å²) in [5.74, 6) is 1.77. The van der Waals surface area contributed by atoms with Gasteiger partial charge in [0.15, 0.2) is 0 Å². The van der Waals surface area contributed by atoms with E-state index in [0.29, 0.717) is 58.7 Å². The van der Waals surface area contributed by atoms with Crippen LogP contribution in [0.2, 0.25) is 0 Å². The first-order chi connectivity index (χ1) is 18.4. The van der Waals surface area contributed by atoms with Crippen molar-refractivity contribution in [3.05, 3.63) is 65.2 Å². The number of hydrogen-bond acceptors (Lipinski definition) is 6. The summed E-state index contributed by atoms with van der Waals surface area (Å²) in [4.78, 5) is 36.3. The molecule has 0 bridgehead atoms. The largest absolute Gasteiger partial charge is 0.497 e. The fourth-order valence-corrected chi connectivity index (χ4v) is 4.79. The van der Waals surface area contributed by atoms with Crippen LogP contribution < -0.4 is 9.64 Å². The minimum Gasteiger partial charge on any atom is -0.497 e. The summed E-state index contributed by atoms with van der Waals surface area (Å²) < 4.78 is 10.8. The van der Waals surface area contributed by atoms with Gasteiger partial charge >= 0.3 is 0 Å². The van der Waals surface area contributed by atoms with Gasteiger partial charge in [0.1, 0.15) is 11.6 Å². The molecule has 0 saturated carbocycles. The molecule has 1 aromatic heterocycles. The van der Waals surface area contributed by atoms with Gasteiger partial charge in [0.05, 0.1) is 19.2 Å². The zero-order valence-corrected chi connectivity index (χ0v) is 22.9. The van der Waals surface area contributed by atoms with Crippen LogP contribution in [0.5, 0.6) is 5.75 Å². The Morgan fingerprint density at radius 2 is 1.74 bits per heavy atom. The van der Waals surface area contributed by atoms with Gasteiger partial charge in [-0.3, -0.25) is 9.59 Å². The summed E-state index contributed by atoms with van der Waals surface area (Å²) >= 11 is 0. The van der Waals surface area contributed by atoms with E-state index in [1.54, 1.807) is 21.1 Å². The lowest BCUT2D eigenvalue weighted by Crippen LogP contribution is -2.48. The molecule has 0 unspecified atom stereocenters. The molecular weight excluding hydrogens is 480 g/mol. The number of carbonyl (C=O) groups is 2. The zero-order chi connectivity index (χ0) is 27.1. The van der Waals surface area contributed by atoms with Gasteiger partial charge in [-0.05, 0) is 37.1 Å². The van der Waals surface area contributed by atoms with Crippen LogP contribution >= 0.6 is 0 Å². The van der Waals surface area contributed by atoms with E-state index in [4.69, 9.17) is 14.5 Å². The Kier molecular flexibility index (Phi) is 9.18. The van der Waals surface area contributed by atoms with Gasteiger partial charge in [-0.2, -0.15) is 0 Å². The van der Waals surface area contributed by atoms with E-state index >= 15 is 0 Å². The van der Waals surface area contributed by atoms with Crippen LogP contribution in [0.15, 0.2) is 48.5 Å². The summed E-state index contributed by atoms with van der Waals surface area (Å²) in [6, 6.07) is 16.3. The first kappa shape index (κ1) is 27.4. The maximum absolute atomic E-state index is 13.4. The van der Waals surface area contributed by atoms with E-state index in [-0.39, 0.29) is 11.8 Å². The van der Waals surface area contributed by atoms with E-state index in [1.807, 2.05) is 28.0 Å². The minimum atomic E-state index is 0.0878. The highest BCUT2D eigenvalue weighted by atomic mass is 16.5. The molecule has 1 aliphatic rings. The van der Waals surface area contributed by atoms with Crippen LogP contribution in [0.1, 0.15) is 30.0 Å². The number of benzene rings is 2. The number of piperazine rings is 1. The lowest BCUT2D eigenvalue weighted by molar-refractivity contribution is -0.132. The topological polar surface area (TPSA) is 75.2 Å². The summed E-state index contributed by atoms with van der Waals surface area (Å²) in [5.41, 5.74) is 4.19. The molecule has 0 spiro atoms. The van der Waals surface area contributed by atoms with Crippen LogP contribution in [0.4, 0.5) is 5.82 Å². The molecule has 202 valence electrons. The molecule has 1 fully saturated rings. The molecule has 0 atom stereocenters. The Morgan fingerprint density at radius 1 is 1.00 bits per heavy atom. The van der Waals surface area contributed by atoms with Crippen molar-refractivity contribution in [3.8, 4) is 5.75 Å². The highest BCUT2D eigenvalue weighted by Crippen LogP contribution is 2.28. The quantitative estimate of drug-likeness (QED) is 0.406. The van der Waals surface area contributed by atoms with Crippen LogP contribution in [-0.4, -0.2) is 80.1 Å². The monoisotopic (exact) mass is 518 g/mol. The SMILES string of the molecule is COCCN(Cc1cc2ccc(OC)cc2nc1N1CCN(C(C)=O)CC1)C(=O)CCc1ccc(C)cc1. The molecule has 0 N–H and O–H groups in total. The fraction of sp³-hybridized carbons (Fsp3) is 0.433. The van der Waals surface area contributed by atoms with Gasteiger partial charge in [0, 0.05) is 76.7 Å². The van der Waals surface area contributed by atoms with Gasteiger partial charge in [-0.15, -0.1) is 0 Å². The molecule has 38 heavy (non-hydrogen) atoms. The first-order valence-corrected chi connectivity index (χ1v) is 13.2. The molecule has 0 radical (unpaired) electrons. The lowest BCUT2D eigenvalue weighted by atomic mass is 10.1. The molecule has 0 aliphatic carbocycles. The van der Waals surface area contributed by atoms with Gasteiger partial charge in [0.2, 0.25) is 11.8 Å². The number of carbonyl (C=O) groups excluding carboxylic acids is 2.